The van der Waals surface area contributed by atoms with Crippen molar-refractivity contribution in [1.82, 2.24) is 0 Å². The number of rotatable bonds is 2. The van der Waals surface area contributed by atoms with Crippen LogP contribution in [0.2, 0.25) is 0 Å². The quantitative estimate of drug-likeness (QED) is 0.745. The molecule has 2 amide bonds. The number of carboxylic acid groups (broad SMARTS) is 1. The first kappa shape index (κ1) is 14.9. The molecular weight excluding hydrogens is 418 g/mol. The third-order valence-corrected chi connectivity index (χ3v) is 4.34. The number of hydrogen-bond acceptors (Lipinski definition) is 3. The van der Waals surface area contributed by atoms with Crippen molar-refractivity contribution in [3.8, 4) is 0 Å². The summed E-state index contributed by atoms with van der Waals surface area (Å²) in [4.78, 5) is 37.4. The van der Waals surface area contributed by atoms with Crippen LogP contribution >= 0.6 is 31.9 Å². The van der Waals surface area contributed by atoms with Crippen LogP contribution in [-0.2, 0) is 0 Å². The Morgan fingerprint density at radius 3 is 2.05 bits per heavy atom. The van der Waals surface area contributed by atoms with Gasteiger partial charge in [-0.1, -0.05) is 28.1 Å². The molecule has 0 saturated heterocycles. The highest BCUT2D eigenvalue weighted by Crippen LogP contribution is 2.38. The van der Waals surface area contributed by atoms with Crippen LogP contribution in [0.3, 0.4) is 0 Å². The molecule has 2 aromatic carbocycles. The van der Waals surface area contributed by atoms with Crippen molar-refractivity contribution < 1.29 is 19.5 Å². The second-order valence-electron chi connectivity index (χ2n) is 4.58. The summed E-state index contributed by atoms with van der Waals surface area (Å²) in [6.07, 6.45) is 0. The molecule has 1 heterocycles. The highest BCUT2D eigenvalue weighted by molar-refractivity contribution is 9.11. The first-order valence-electron chi connectivity index (χ1n) is 6.12. The average Bonchev–Trinajstić information content (AvgIpc) is 2.71. The van der Waals surface area contributed by atoms with Gasteiger partial charge in [-0.3, -0.25) is 9.59 Å². The summed E-state index contributed by atoms with van der Waals surface area (Å²) >= 11 is 6.44. The summed E-state index contributed by atoms with van der Waals surface area (Å²) in [5, 5.41) is 9.37. The second-order valence-corrected chi connectivity index (χ2v) is 6.35. The van der Waals surface area contributed by atoms with E-state index >= 15 is 0 Å². The zero-order valence-corrected chi connectivity index (χ0v) is 14.0. The number of amides is 2. The normalized spacial score (nSPS) is 13.5. The SMILES string of the molecule is O=C(O)c1cc(Br)cc(Br)c1N1C(=O)c2ccccc2C1=O. The summed E-state index contributed by atoms with van der Waals surface area (Å²) in [6, 6.07) is 9.34. The predicted molar refractivity (Wildman–Crippen MR) is 86.4 cm³/mol. The molecule has 0 aliphatic carbocycles. The fourth-order valence-electron chi connectivity index (χ4n) is 2.35. The molecule has 7 heteroatoms. The van der Waals surface area contributed by atoms with Crippen molar-refractivity contribution in [3.63, 3.8) is 0 Å². The van der Waals surface area contributed by atoms with Crippen LogP contribution in [-0.4, -0.2) is 22.9 Å². The van der Waals surface area contributed by atoms with Crippen LogP contribution in [0.25, 0.3) is 0 Å². The summed E-state index contributed by atoms with van der Waals surface area (Å²) in [5.41, 5.74) is 0.412. The van der Waals surface area contributed by atoms with Crippen LogP contribution < -0.4 is 4.90 Å². The Labute approximate surface area is 141 Å². The van der Waals surface area contributed by atoms with E-state index in [4.69, 9.17) is 0 Å². The molecule has 0 bridgehead atoms. The fraction of sp³-hybridized carbons (Fsp3) is 0. The van der Waals surface area contributed by atoms with Crippen molar-refractivity contribution in [2.24, 2.45) is 0 Å². The van der Waals surface area contributed by atoms with Gasteiger partial charge >= 0.3 is 5.97 Å². The van der Waals surface area contributed by atoms with Gasteiger partial charge in [-0.25, -0.2) is 9.69 Å². The van der Waals surface area contributed by atoms with Crippen molar-refractivity contribution in [3.05, 3.63) is 62.0 Å². The number of aromatic carboxylic acids is 1. The average molecular weight is 425 g/mol. The lowest BCUT2D eigenvalue weighted by Gasteiger charge is -2.18. The van der Waals surface area contributed by atoms with Crippen LogP contribution in [0, 0.1) is 0 Å². The van der Waals surface area contributed by atoms with Gasteiger partial charge in [0.25, 0.3) is 11.8 Å². The van der Waals surface area contributed by atoms with Crippen LogP contribution in [0.5, 0.6) is 0 Å². The Morgan fingerprint density at radius 2 is 1.55 bits per heavy atom. The highest BCUT2D eigenvalue weighted by Gasteiger charge is 2.39. The number of benzene rings is 2. The van der Waals surface area contributed by atoms with E-state index in [9.17, 15) is 19.5 Å². The van der Waals surface area contributed by atoms with E-state index in [0.717, 1.165) is 4.90 Å². The number of carbonyl (C=O) groups is 3. The van der Waals surface area contributed by atoms with Gasteiger partial charge in [-0.05, 0) is 40.2 Å². The third kappa shape index (κ3) is 2.17. The molecular formula is C15H7Br2NO4. The van der Waals surface area contributed by atoms with Crippen LogP contribution in [0.4, 0.5) is 5.69 Å². The molecule has 1 aliphatic heterocycles. The number of fused-ring (bicyclic) bond motifs is 1. The zero-order valence-electron chi connectivity index (χ0n) is 10.8. The van der Waals surface area contributed by atoms with Gasteiger partial charge in [0.2, 0.25) is 0 Å². The summed E-state index contributed by atoms with van der Waals surface area (Å²) in [6.45, 7) is 0. The molecule has 0 unspecified atom stereocenters. The van der Waals surface area contributed by atoms with Gasteiger partial charge in [0.15, 0.2) is 0 Å². The van der Waals surface area contributed by atoms with E-state index < -0.39 is 17.8 Å². The van der Waals surface area contributed by atoms with Crippen LogP contribution in [0.15, 0.2) is 45.3 Å². The standard InChI is InChI=1S/C15H7Br2NO4/c16-7-5-10(15(21)22)12(11(17)6-7)18-13(19)8-3-1-2-4-9(8)14(18)20/h1-6H,(H,21,22). The molecule has 0 spiro atoms. The van der Waals surface area contributed by atoms with Crippen molar-refractivity contribution in [2.75, 3.05) is 4.90 Å². The number of carboxylic acids is 1. The Balaban J connectivity index is 2.24. The largest absolute Gasteiger partial charge is 0.478 e. The number of imide groups is 1. The van der Waals surface area contributed by atoms with E-state index in [-0.39, 0.29) is 22.4 Å². The minimum absolute atomic E-state index is 0.0295. The fourth-order valence-corrected chi connectivity index (χ4v) is 3.75. The zero-order chi connectivity index (χ0) is 16.0. The molecule has 1 aliphatic rings. The van der Waals surface area contributed by atoms with Crippen molar-refractivity contribution in [2.45, 2.75) is 0 Å². The number of halogens is 2. The van der Waals surface area contributed by atoms with Crippen LogP contribution in [0.1, 0.15) is 31.1 Å². The Kier molecular flexibility index (Phi) is 3.62. The second kappa shape index (κ2) is 5.33. The highest BCUT2D eigenvalue weighted by atomic mass is 79.9. The Hall–Kier alpha value is -1.99. The van der Waals surface area contributed by atoms with Gasteiger partial charge in [0.05, 0.1) is 22.4 Å². The molecule has 0 fully saturated rings. The third-order valence-electron chi connectivity index (χ3n) is 3.28. The topological polar surface area (TPSA) is 74.7 Å². The van der Waals surface area contributed by atoms with Gasteiger partial charge in [0, 0.05) is 8.95 Å². The molecule has 110 valence electrons. The molecule has 0 atom stereocenters. The maximum Gasteiger partial charge on any atom is 0.337 e. The molecule has 0 saturated carbocycles. The molecule has 1 N–H and O–H groups in total. The number of anilines is 1. The molecule has 3 rings (SSSR count). The summed E-state index contributed by atoms with van der Waals surface area (Å²) < 4.78 is 0.867. The predicted octanol–water partition coefficient (Wildman–Crippen LogP) is 3.71. The lowest BCUT2D eigenvalue weighted by molar-refractivity contribution is 0.0697. The Morgan fingerprint density at radius 1 is 1.00 bits per heavy atom. The maximum absolute atomic E-state index is 12.5. The van der Waals surface area contributed by atoms with Gasteiger partial charge < -0.3 is 5.11 Å². The first-order valence-corrected chi connectivity index (χ1v) is 7.70. The molecule has 5 nitrogen and oxygen atoms in total. The minimum atomic E-state index is -1.23. The maximum atomic E-state index is 12.5. The lowest BCUT2D eigenvalue weighted by Crippen LogP contribution is -2.31. The smallest absolute Gasteiger partial charge is 0.337 e. The van der Waals surface area contributed by atoms with Crippen molar-refractivity contribution >= 4 is 55.3 Å². The molecule has 22 heavy (non-hydrogen) atoms. The Bertz CT molecular complexity index is 812. The van der Waals surface area contributed by atoms with E-state index in [0.29, 0.717) is 8.95 Å². The number of nitrogens with zero attached hydrogens (tertiary/aromatic N) is 1. The van der Waals surface area contributed by atoms with E-state index in [1.807, 2.05) is 0 Å². The van der Waals surface area contributed by atoms with E-state index in [2.05, 4.69) is 31.9 Å². The summed E-state index contributed by atoms with van der Waals surface area (Å²) in [5.74, 6) is -2.30. The first-order chi connectivity index (χ1) is 10.4. The van der Waals surface area contributed by atoms with Gasteiger partial charge in [0.1, 0.15) is 0 Å². The molecule has 0 aromatic heterocycles. The van der Waals surface area contributed by atoms with Gasteiger partial charge in [-0.15, -0.1) is 0 Å². The van der Waals surface area contributed by atoms with E-state index in [1.54, 1.807) is 30.3 Å². The monoisotopic (exact) mass is 423 g/mol. The summed E-state index contributed by atoms with van der Waals surface area (Å²) in [7, 11) is 0. The lowest BCUT2D eigenvalue weighted by atomic mass is 10.1. The van der Waals surface area contributed by atoms with E-state index in [1.165, 1.54) is 6.07 Å². The van der Waals surface area contributed by atoms with Gasteiger partial charge in [-0.2, -0.15) is 0 Å². The molecule has 2 aromatic rings. The minimum Gasteiger partial charge on any atom is -0.478 e. The molecule has 0 radical (unpaired) electrons. The number of hydrogen-bond donors (Lipinski definition) is 1. The number of carbonyl (C=O) groups excluding carboxylic acids is 2. The van der Waals surface area contributed by atoms with Crippen molar-refractivity contribution in [1.29, 1.82) is 0 Å².